The average Bonchev–Trinajstić information content (AvgIpc) is 3.20. The summed E-state index contributed by atoms with van der Waals surface area (Å²) in [5.74, 6) is -0.375. The molecule has 1 heterocycles. The second-order valence-corrected chi connectivity index (χ2v) is 9.49. The number of aryl methyl sites for hydroxylation is 1. The van der Waals surface area contributed by atoms with E-state index in [1.54, 1.807) is 24.3 Å². The first-order valence-corrected chi connectivity index (χ1v) is 11.8. The van der Waals surface area contributed by atoms with Crippen molar-refractivity contribution in [3.63, 3.8) is 0 Å². The predicted molar refractivity (Wildman–Crippen MR) is 128 cm³/mol. The van der Waals surface area contributed by atoms with Crippen LogP contribution in [0.4, 0.5) is 5.69 Å². The largest absolute Gasteiger partial charge is 0.350 e. The molecule has 0 aliphatic heterocycles. The topological polar surface area (TPSA) is 97.3 Å². The number of fused-ring (bicyclic) bond motifs is 1. The molecule has 2 N–H and O–H groups in total. The van der Waals surface area contributed by atoms with Gasteiger partial charge in [-0.3, -0.25) is 9.59 Å². The number of hydrogen-bond donors (Lipinski definition) is 2. The van der Waals surface area contributed by atoms with Crippen LogP contribution in [-0.4, -0.2) is 24.7 Å². The number of hydrogen-bond acceptors (Lipinski definition) is 4. The predicted octanol–water partition coefficient (Wildman–Crippen LogP) is 4.11. The zero-order valence-electron chi connectivity index (χ0n) is 18.2. The number of rotatable bonds is 7. The van der Waals surface area contributed by atoms with Gasteiger partial charge in [-0.2, -0.15) is 0 Å². The third-order valence-corrected chi connectivity index (χ3v) is 6.85. The fourth-order valence-electron chi connectivity index (χ4n) is 3.51. The van der Waals surface area contributed by atoms with Crippen molar-refractivity contribution in [2.75, 3.05) is 5.32 Å². The van der Waals surface area contributed by atoms with Crippen molar-refractivity contribution in [1.29, 1.82) is 0 Å². The Morgan fingerprint density at radius 2 is 1.55 bits per heavy atom. The molecule has 4 rings (SSSR count). The highest BCUT2D eigenvalue weighted by molar-refractivity contribution is 7.89. The molecule has 0 unspecified atom stereocenters. The second-order valence-electron chi connectivity index (χ2n) is 7.72. The average molecular weight is 462 g/mol. The lowest BCUT2D eigenvalue weighted by Gasteiger charge is -2.09. The smallest absolute Gasteiger partial charge is 0.255 e. The molecular weight excluding hydrogens is 438 g/mol. The number of carbonyl (C=O) groups is 2. The first-order chi connectivity index (χ1) is 15.7. The van der Waals surface area contributed by atoms with Crippen LogP contribution in [0.3, 0.4) is 0 Å². The number of aromatic nitrogens is 1. The van der Waals surface area contributed by atoms with Crippen LogP contribution in [-0.2, 0) is 23.6 Å². The first-order valence-electron chi connectivity index (χ1n) is 10.3. The van der Waals surface area contributed by atoms with E-state index >= 15 is 0 Å². The molecule has 33 heavy (non-hydrogen) atoms. The molecule has 4 aromatic rings. The number of benzene rings is 3. The maximum atomic E-state index is 12.7. The van der Waals surface area contributed by atoms with E-state index in [2.05, 4.69) is 10.0 Å². The van der Waals surface area contributed by atoms with Gasteiger partial charge < -0.3 is 9.88 Å². The maximum Gasteiger partial charge on any atom is 0.255 e. The minimum absolute atomic E-state index is 0.0714. The highest BCUT2D eigenvalue weighted by Crippen LogP contribution is 2.24. The molecule has 0 saturated heterocycles. The Bertz CT molecular complexity index is 1440. The summed E-state index contributed by atoms with van der Waals surface area (Å²) in [6, 6.07) is 20.2. The van der Waals surface area contributed by atoms with E-state index in [1.807, 2.05) is 42.1 Å². The van der Waals surface area contributed by atoms with Crippen molar-refractivity contribution in [1.82, 2.24) is 9.29 Å². The van der Waals surface area contributed by atoms with Crippen LogP contribution < -0.4 is 10.0 Å². The lowest BCUT2D eigenvalue weighted by atomic mass is 10.1. The van der Waals surface area contributed by atoms with E-state index < -0.39 is 10.0 Å². The highest BCUT2D eigenvalue weighted by atomic mass is 32.2. The SMILES string of the molecule is CC(=O)c1ccc(S(=O)(=O)NCc2ccc(C(=O)Nc3cccc4c3ccn4C)cc2)cc1. The maximum absolute atomic E-state index is 12.7. The van der Waals surface area contributed by atoms with Gasteiger partial charge in [-0.05, 0) is 55.0 Å². The first kappa shape index (κ1) is 22.4. The number of sulfonamides is 1. The number of ketones is 1. The molecule has 7 nitrogen and oxygen atoms in total. The molecule has 168 valence electrons. The van der Waals surface area contributed by atoms with E-state index in [4.69, 9.17) is 0 Å². The Hall–Kier alpha value is -3.75. The fraction of sp³-hybridized carbons (Fsp3) is 0.120. The summed E-state index contributed by atoms with van der Waals surface area (Å²) >= 11 is 0. The molecule has 3 aromatic carbocycles. The van der Waals surface area contributed by atoms with E-state index in [1.165, 1.54) is 31.2 Å². The molecule has 0 fully saturated rings. The summed E-state index contributed by atoms with van der Waals surface area (Å²) in [5.41, 5.74) is 3.37. The van der Waals surface area contributed by atoms with Crippen molar-refractivity contribution in [2.45, 2.75) is 18.4 Å². The normalized spacial score (nSPS) is 11.5. The van der Waals surface area contributed by atoms with Gasteiger partial charge in [0.05, 0.1) is 10.6 Å². The Morgan fingerprint density at radius 3 is 2.21 bits per heavy atom. The summed E-state index contributed by atoms with van der Waals surface area (Å²) in [6.07, 6.45) is 1.94. The number of Topliss-reactive ketones (excluding diaryl/α,β-unsaturated/α-hetero) is 1. The van der Waals surface area contributed by atoms with Crippen molar-refractivity contribution in [2.24, 2.45) is 7.05 Å². The van der Waals surface area contributed by atoms with Crippen LogP contribution in [0.2, 0.25) is 0 Å². The summed E-state index contributed by atoms with van der Waals surface area (Å²) in [6.45, 7) is 1.50. The quantitative estimate of drug-likeness (QED) is 0.405. The van der Waals surface area contributed by atoms with Crippen LogP contribution in [0.5, 0.6) is 0 Å². The molecule has 0 aliphatic rings. The molecule has 0 saturated carbocycles. The van der Waals surface area contributed by atoms with Crippen LogP contribution in [0.25, 0.3) is 10.9 Å². The monoisotopic (exact) mass is 461 g/mol. The lowest BCUT2D eigenvalue weighted by Crippen LogP contribution is -2.23. The zero-order valence-corrected chi connectivity index (χ0v) is 19.0. The molecule has 8 heteroatoms. The zero-order chi connectivity index (χ0) is 23.6. The number of amides is 1. The van der Waals surface area contributed by atoms with E-state index in [-0.39, 0.29) is 23.1 Å². The van der Waals surface area contributed by atoms with Crippen LogP contribution in [0.1, 0.15) is 33.2 Å². The van der Waals surface area contributed by atoms with Gasteiger partial charge in [0.2, 0.25) is 10.0 Å². The minimum atomic E-state index is -3.73. The summed E-state index contributed by atoms with van der Waals surface area (Å²) in [5, 5.41) is 3.89. The molecule has 0 atom stereocenters. The molecule has 1 aromatic heterocycles. The van der Waals surface area contributed by atoms with E-state index in [0.29, 0.717) is 16.7 Å². The van der Waals surface area contributed by atoms with Crippen molar-refractivity contribution in [3.05, 3.63) is 95.7 Å². The van der Waals surface area contributed by atoms with E-state index in [9.17, 15) is 18.0 Å². The molecule has 0 radical (unpaired) electrons. The van der Waals surface area contributed by atoms with Crippen LogP contribution in [0.15, 0.2) is 83.9 Å². The van der Waals surface area contributed by atoms with Gasteiger partial charge >= 0.3 is 0 Å². The minimum Gasteiger partial charge on any atom is -0.350 e. The summed E-state index contributed by atoms with van der Waals surface area (Å²) < 4.78 is 29.5. The third kappa shape index (κ3) is 4.87. The molecular formula is C25H23N3O4S. The number of nitrogens with zero attached hydrogens (tertiary/aromatic N) is 1. The van der Waals surface area contributed by atoms with Gasteiger partial charge in [0.25, 0.3) is 5.91 Å². The third-order valence-electron chi connectivity index (χ3n) is 5.43. The van der Waals surface area contributed by atoms with Gasteiger partial charge in [0.1, 0.15) is 0 Å². The molecule has 0 aliphatic carbocycles. The molecule has 0 bridgehead atoms. The highest BCUT2D eigenvalue weighted by Gasteiger charge is 2.15. The van der Waals surface area contributed by atoms with Gasteiger partial charge in [-0.25, -0.2) is 13.1 Å². The van der Waals surface area contributed by atoms with Gasteiger partial charge in [0.15, 0.2) is 5.78 Å². The van der Waals surface area contributed by atoms with Crippen LogP contribution in [0, 0.1) is 0 Å². The van der Waals surface area contributed by atoms with Crippen molar-refractivity contribution >= 4 is 38.3 Å². The van der Waals surface area contributed by atoms with Crippen molar-refractivity contribution < 1.29 is 18.0 Å². The lowest BCUT2D eigenvalue weighted by molar-refractivity contribution is 0.101. The Morgan fingerprint density at radius 1 is 0.879 bits per heavy atom. The van der Waals surface area contributed by atoms with Gasteiger partial charge in [-0.15, -0.1) is 0 Å². The number of nitrogens with one attached hydrogen (secondary N) is 2. The van der Waals surface area contributed by atoms with Crippen LogP contribution >= 0.6 is 0 Å². The molecule has 1 amide bonds. The Balaban J connectivity index is 1.41. The summed E-state index contributed by atoms with van der Waals surface area (Å²) in [4.78, 5) is 24.1. The second kappa shape index (κ2) is 9.01. The fourth-order valence-corrected chi connectivity index (χ4v) is 4.53. The number of carbonyl (C=O) groups excluding carboxylic acids is 2. The Kier molecular flexibility index (Phi) is 6.13. The number of anilines is 1. The van der Waals surface area contributed by atoms with E-state index in [0.717, 1.165) is 16.6 Å². The standard InChI is InChI=1S/C25H23N3O4S/c1-17(29)19-10-12-21(13-11-19)33(31,32)26-16-18-6-8-20(9-7-18)25(30)27-23-4-3-5-24-22(23)14-15-28(24)2/h3-15,26H,16H2,1-2H3,(H,27,30). The molecule has 0 spiro atoms. The van der Waals surface area contributed by atoms with Crippen molar-refractivity contribution in [3.8, 4) is 0 Å². The van der Waals surface area contributed by atoms with Gasteiger partial charge in [-0.1, -0.05) is 30.3 Å². The van der Waals surface area contributed by atoms with Gasteiger partial charge in [0, 0.05) is 41.8 Å². The Labute approximate surface area is 192 Å². The summed E-state index contributed by atoms with van der Waals surface area (Å²) in [7, 11) is -1.78.